The molecule has 1 aromatic carbocycles. The predicted octanol–water partition coefficient (Wildman–Crippen LogP) is 2.57. The Morgan fingerprint density at radius 1 is 1.28 bits per heavy atom. The summed E-state index contributed by atoms with van der Waals surface area (Å²) in [6.45, 7) is 5.28. The highest BCUT2D eigenvalue weighted by Crippen LogP contribution is 2.44. The molecule has 0 spiro atoms. The fraction of sp³-hybridized carbons (Fsp3) is 0.474. The van der Waals surface area contributed by atoms with Crippen LogP contribution in [0.4, 0.5) is 4.79 Å². The van der Waals surface area contributed by atoms with Gasteiger partial charge in [0.25, 0.3) is 0 Å². The van der Waals surface area contributed by atoms with Gasteiger partial charge in [-0.3, -0.25) is 0 Å². The van der Waals surface area contributed by atoms with E-state index in [1.54, 1.807) is 0 Å². The van der Waals surface area contributed by atoms with Crippen LogP contribution in [-0.4, -0.2) is 34.1 Å². The number of carbonyl (C=O) groups excluding carboxylic acids is 1. The molecule has 3 rings (SSSR count). The summed E-state index contributed by atoms with van der Waals surface area (Å²) in [5.74, 6) is 0.272. The second-order valence-corrected chi connectivity index (χ2v) is 7.17. The number of benzene rings is 1. The number of aliphatic hydroxyl groups excluding tert-OH is 1. The van der Waals surface area contributed by atoms with Crippen LogP contribution in [0.2, 0.25) is 0 Å². The monoisotopic (exact) mass is 342 g/mol. The molecule has 6 nitrogen and oxygen atoms in total. The molecule has 0 bridgehead atoms. The molecule has 0 saturated heterocycles. The van der Waals surface area contributed by atoms with Gasteiger partial charge < -0.3 is 15.7 Å². The standard InChI is InChI=1S/C19H26N4O2/c1-14(2)17-15(11-23(22-17)16-6-4-3-5-7-16)10-20-18(25)21-12-19(13-24)8-9-19/h3-7,11,14,24H,8-10,12-13H2,1-2H3,(H2,20,21,25). The van der Waals surface area contributed by atoms with Gasteiger partial charge in [-0.15, -0.1) is 0 Å². The number of rotatable bonds is 7. The van der Waals surface area contributed by atoms with Crippen LogP contribution in [0.5, 0.6) is 0 Å². The van der Waals surface area contributed by atoms with Crippen molar-refractivity contribution < 1.29 is 9.90 Å². The molecule has 0 atom stereocenters. The third-order valence-electron chi connectivity index (χ3n) is 4.75. The Morgan fingerprint density at radius 3 is 2.60 bits per heavy atom. The minimum Gasteiger partial charge on any atom is -0.396 e. The maximum Gasteiger partial charge on any atom is 0.315 e. The molecule has 1 fully saturated rings. The molecular formula is C19H26N4O2. The second-order valence-electron chi connectivity index (χ2n) is 7.17. The van der Waals surface area contributed by atoms with Crippen LogP contribution in [0, 0.1) is 5.41 Å². The summed E-state index contributed by atoms with van der Waals surface area (Å²) >= 11 is 0. The number of nitrogens with one attached hydrogen (secondary N) is 2. The van der Waals surface area contributed by atoms with Crippen molar-refractivity contribution in [1.29, 1.82) is 0 Å². The summed E-state index contributed by atoms with van der Waals surface area (Å²) in [6, 6.07) is 9.73. The van der Waals surface area contributed by atoms with Crippen molar-refractivity contribution in [3.05, 3.63) is 47.8 Å². The molecule has 1 aliphatic carbocycles. The molecule has 1 aromatic heterocycles. The zero-order valence-electron chi connectivity index (χ0n) is 14.8. The number of amides is 2. The summed E-state index contributed by atoms with van der Waals surface area (Å²) in [5.41, 5.74) is 2.91. The van der Waals surface area contributed by atoms with E-state index >= 15 is 0 Å². The van der Waals surface area contributed by atoms with Gasteiger partial charge in [0.15, 0.2) is 0 Å². The van der Waals surface area contributed by atoms with E-state index in [1.165, 1.54) is 0 Å². The average Bonchev–Trinajstić information content (AvgIpc) is 3.28. The van der Waals surface area contributed by atoms with Gasteiger partial charge >= 0.3 is 6.03 Å². The quantitative estimate of drug-likeness (QED) is 0.723. The first-order valence-electron chi connectivity index (χ1n) is 8.79. The largest absolute Gasteiger partial charge is 0.396 e. The molecule has 0 aliphatic heterocycles. The lowest BCUT2D eigenvalue weighted by Gasteiger charge is -2.13. The Morgan fingerprint density at radius 2 is 2.00 bits per heavy atom. The Balaban J connectivity index is 1.63. The van der Waals surface area contributed by atoms with Gasteiger partial charge in [-0.25, -0.2) is 9.48 Å². The fourth-order valence-corrected chi connectivity index (χ4v) is 2.83. The Hall–Kier alpha value is -2.34. The van der Waals surface area contributed by atoms with Gasteiger partial charge in [0.05, 0.1) is 18.0 Å². The highest BCUT2D eigenvalue weighted by Gasteiger charge is 2.42. The van der Waals surface area contributed by atoms with E-state index in [9.17, 15) is 9.90 Å². The lowest BCUT2D eigenvalue weighted by molar-refractivity contribution is 0.203. The third-order valence-corrected chi connectivity index (χ3v) is 4.75. The molecule has 3 N–H and O–H groups in total. The number of hydrogen-bond acceptors (Lipinski definition) is 3. The maximum absolute atomic E-state index is 12.0. The first-order chi connectivity index (χ1) is 12.0. The van der Waals surface area contributed by atoms with E-state index in [0.717, 1.165) is 29.8 Å². The van der Waals surface area contributed by atoms with Gasteiger partial charge in [0.1, 0.15) is 0 Å². The van der Waals surface area contributed by atoms with Crippen molar-refractivity contribution in [3.8, 4) is 5.69 Å². The van der Waals surface area contributed by atoms with Crippen LogP contribution in [0.3, 0.4) is 0 Å². The van der Waals surface area contributed by atoms with E-state index in [0.29, 0.717) is 13.1 Å². The fourth-order valence-electron chi connectivity index (χ4n) is 2.83. The molecule has 1 heterocycles. The van der Waals surface area contributed by atoms with Gasteiger partial charge in [0, 0.05) is 30.3 Å². The van der Waals surface area contributed by atoms with Crippen LogP contribution < -0.4 is 10.6 Å². The second kappa shape index (κ2) is 7.27. The molecule has 2 aromatic rings. The molecule has 1 saturated carbocycles. The van der Waals surface area contributed by atoms with Gasteiger partial charge in [-0.1, -0.05) is 32.0 Å². The summed E-state index contributed by atoms with van der Waals surface area (Å²) in [5, 5.41) is 19.7. The van der Waals surface area contributed by atoms with Crippen LogP contribution in [0.1, 0.15) is 43.9 Å². The zero-order valence-corrected chi connectivity index (χ0v) is 14.8. The normalized spacial score (nSPS) is 15.2. The van der Waals surface area contributed by atoms with Crippen LogP contribution in [-0.2, 0) is 6.54 Å². The molecule has 0 unspecified atom stereocenters. The Labute approximate surface area is 148 Å². The smallest absolute Gasteiger partial charge is 0.315 e. The van der Waals surface area contributed by atoms with Gasteiger partial charge in [-0.2, -0.15) is 5.10 Å². The van der Waals surface area contributed by atoms with Crippen LogP contribution in [0.15, 0.2) is 36.5 Å². The molecule has 1 aliphatic rings. The lowest BCUT2D eigenvalue weighted by atomic mass is 10.1. The molecule has 0 radical (unpaired) electrons. The minimum absolute atomic E-state index is 0.0847. The Kier molecular flexibility index (Phi) is 5.08. The average molecular weight is 342 g/mol. The van der Waals surface area contributed by atoms with Crippen molar-refractivity contribution in [2.45, 2.75) is 39.2 Å². The minimum atomic E-state index is -0.207. The van der Waals surface area contributed by atoms with Crippen LogP contribution in [0.25, 0.3) is 5.69 Å². The third kappa shape index (κ3) is 4.20. The van der Waals surface area contributed by atoms with E-state index in [2.05, 4.69) is 29.6 Å². The van der Waals surface area contributed by atoms with Crippen molar-refractivity contribution in [3.63, 3.8) is 0 Å². The molecule has 2 amide bonds. The molecule has 25 heavy (non-hydrogen) atoms. The molecule has 6 heteroatoms. The number of nitrogens with zero attached hydrogens (tertiary/aromatic N) is 2. The van der Waals surface area contributed by atoms with Crippen molar-refractivity contribution in [1.82, 2.24) is 20.4 Å². The number of para-hydroxylation sites is 1. The number of carbonyl (C=O) groups is 1. The lowest BCUT2D eigenvalue weighted by Crippen LogP contribution is -2.39. The Bertz CT molecular complexity index is 720. The van der Waals surface area contributed by atoms with Crippen molar-refractivity contribution in [2.75, 3.05) is 13.2 Å². The number of aromatic nitrogens is 2. The molecule has 134 valence electrons. The summed E-state index contributed by atoms with van der Waals surface area (Å²) in [6.07, 6.45) is 3.93. The first kappa shape index (κ1) is 17.5. The van der Waals surface area contributed by atoms with Gasteiger partial charge in [0.2, 0.25) is 0 Å². The summed E-state index contributed by atoms with van der Waals surface area (Å²) in [7, 11) is 0. The topological polar surface area (TPSA) is 79.2 Å². The number of hydrogen-bond donors (Lipinski definition) is 3. The summed E-state index contributed by atoms with van der Waals surface area (Å²) in [4.78, 5) is 12.0. The number of aliphatic hydroxyl groups is 1. The van der Waals surface area contributed by atoms with E-state index < -0.39 is 0 Å². The predicted molar refractivity (Wildman–Crippen MR) is 96.6 cm³/mol. The van der Waals surface area contributed by atoms with E-state index in [1.807, 2.05) is 41.2 Å². The summed E-state index contributed by atoms with van der Waals surface area (Å²) < 4.78 is 1.86. The highest BCUT2D eigenvalue weighted by atomic mass is 16.3. The number of urea groups is 1. The van der Waals surface area contributed by atoms with Crippen molar-refractivity contribution >= 4 is 6.03 Å². The van der Waals surface area contributed by atoms with Gasteiger partial charge in [-0.05, 0) is 30.9 Å². The zero-order chi connectivity index (χ0) is 17.9. The van der Waals surface area contributed by atoms with Crippen molar-refractivity contribution in [2.24, 2.45) is 5.41 Å². The van der Waals surface area contributed by atoms with E-state index in [-0.39, 0.29) is 24.0 Å². The molecular weight excluding hydrogens is 316 g/mol. The van der Waals surface area contributed by atoms with Crippen LogP contribution >= 0.6 is 0 Å². The SMILES string of the molecule is CC(C)c1nn(-c2ccccc2)cc1CNC(=O)NCC1(CO)CC1. The first-order valence-corrected chi connectivity index (χ1v) is 8.79. The van der Waals surface area contributed by atoms with E-state index in [4.69, 9.17) is 0 Å². The highest BCUT2D eigenvalue weighted by molar-refractivity contribution is 5.74. The maximum atomic E-state index is 12.0.